The number of methoxy groups -OCH3 is 1. The summed E-state index contributed by atoms with van der Waals surface area (Å²) in [5.74, 6) is 0.380. The number of carbonyl (C=O) groups excluding carboxylic acids is 2. The van der Waals surface area contributed by atoms with Gasteiger partial charge in [-0.1, -0.05) is 6.92 Å². The van der Waals surface area contributed by atoms with Crippen LogP contribution < -0.4 is 5.32 Å². The number of carbonyl (C=O) groups is 2. The minimum absolute atomic E-state index is 0. The zero-order valence-corrected chi connectivity index (χ0v) is 18.0. The average Bonchev–Trinajstić information content (AvgIpc) is 3.19. The Morgan fingerprint density at radius 3 is 2.63 bits per heavy atom. The quantitative estimate of drug-likeness (QED) is 0.698. The van der Waals surface area contributed by atoms with E-state index in [1.165, 1.54) is 0 Å². The van der Waals surface area contributed by atoms with Gasteiger partial charge in [0.2, 0.25) is 11.8 Å². The van der Waals surface area contributed by atoms with Gasteiger partial charge in [-0.05, 0) is 39.0 Å². The van der Waals surface area contributed by atoms with Crippen molar-refractivity contribution in [3.8, 4) is 6.07 Å². The third-order valence-corrected chi connectivity index (χ3v) is 5.35. The summed E-state index contributed by atoms with van der Waals surface area (Å²) in [6.45, 7) is 8.05. The van der Waals surface area contributed by atoms with Gasteiger partial charge in [-0.2, -0.15) is 18.8 Å². The number of nitriles is 1. The van der Waals surface area contributed by atoms with E-state index in [1.54, 1.807) is 12.0 Å². The largest absolute Gasteiger partial charge is 0.383 e. The average molecular weight is 399 g/mol. The number of rotatable bonds is 7. The SMILES string of the molecule is COCC1CCCN1C(=O)CC(C)(C)NCC(=O)N1C[C@@H](C)C[C@H]1C#N.S. The zero-order valence-electron chi connectivity index (χ0n) is 17.0. The van der Waals surface area contributed by atoms with Crippen LogP contribution in [-0.4, -0.2) is 72.6 Å². The maximum absolute atomic E-state index is 12.7. The summed E-state index contributed by atoms with van der Waals surface area (Å²) in [7, 11) is 1.66. The van der Waals surface area contributed by atoms with Crippen LogP contribution in [0, 0.1) is 17.2 Å². The van der Waals surface area contributed by atoms with Gasteiger partial charge in [0.25, 0.3) is 0 Å². The molecule has 0 bridgehead atoms. The summed E-state index contributed by atoms with van der Waals surface area (Å²) in [6, 6.07) is 2.04. The highest BCUT2D eigenvalue weighted by molar-refractivity contribution is 7.59. The van der Waals surface area contributed by atoms with Crippen LogP contribution in [0.3, 0.4) is 0 Å². The van der Waals surface area contributed by atoms with E-state index < -0.39 is 5.54 Å². The lowest BCUT2D eigenvalue weighted by atomic mass is 9.99. The molecular weight excluding hydrogens is 364 g/mol. The smallest absolute Gasteiger partial charge is 0.237 e. The molecule has 0 spiro atoms. The monoisotopic (exact) mass is 398 g/mol. The molecule has 0 aromatic heterocycles. The Labute approximate surface area is 169 Å². The van der Waals surface area contributed by atoms with Gasteiger partial charge in [-0.25, -0.2) is 0 Å². The number of hydrogen-bond acceptors (Lipinski definition) is 5. The van der Waals surface area contributed by atoms with Gasteiger partial charge in [0.05, 0.1) is 25.3 Å². The van der Waals surface area contributed by atoms with E-state index in [9.17, 15) is 14.9 Å². The lowest BCUT2D eigenvalue weighted by Gasteiger charge is -2.31. The molecule has 0 aliphatic carbocycles. The van der Waals surface area contributed by atoms with Crippen molar-refractivity contribution < 1.29 is 14.3 Å². The van der Waals surface area contributed by atoms with Gasteiger partial charge in [-0.15, -0.1) is 0 Å². The molecule has 2 fully saturated rings. The third-order valence-electron chi connectivity index (χ3n) is 5.35. The molecule has 2 saturated heterocycles. The molecule has 0 radical (unpaired) electrons. The molecule has 8 heteroatoms. The fourth-order valence-electron chi connectivity index (χ4n) is 3.93. The van der Waals surface area contributed by atoms with Gasteiger partial charge in [0.15, 0.2) is 0 Å². The van der Waals surface area contributed by atoms with E-state index in [0.29, 0.717) is 25.5 Å². The first-order valence-corrected chi connectivity index (χ1v) is 9.50. The lowest BCUT2D eigenvalue weighted by Crippen LogP contribution is -2.50. The molecule has 2 heterocycles. The fraction of sp³-hybridized carbons (Fsp3) is 0.842. The fourth-order valence-corrected chi connectivity index (χ4v) is 3.93. The highest BCUT2D eigenvalue weighted by atomic mass is 32.1. The van der Waals surface area contributed by atoms with Crippen molar-refractivity contribution in [2.45, 2.75) is 64.1 Å². The highest BCUT2D eigenvalue weighted by Gasteiger charge is 2.35. The molecule has 0 saturated carbocycles. The first-order valence-electron chi connectivity index (χ1n) is 9.50. The highest BCUT2D eigenvalue weighted by Crippen LogP contribution is 2.23. The summed E-state index contributed by atoms with van der Waals surface area (Å²) in [4.78, 5) is 28.7. The van der Waals surface area contributed by atoms with E-state index in [4.69, 9.17) is 4.74 Å². The number of amides is 2. The summed E-state index contributed by atoms with van der Waals surface area (Å²) in [5, 5.41) is 12.4. The molecule has 2 aliphatic rings. The van der Waals surface area contributed by atoms with Crippen molar-refractivity contribution in [3.63, 3.8) is 0 Å². The van der Waals surface area contributed by atoms with Crippen molar-refractivity contribution in [1.82, 2.24) is 15.1 Å². The first kappa shape index (κ1) is 23.7. The number of likely N-dealkylation sites (tertiary alicyclic amines) is 2. The van der Waals surface area contributed by atoms with E-state index in [1.807, 2.05) is 18.7 Å². The Morgan fingerprint density at radius 1 is 1.30 bits per heavy atom. The Bertz CT molecular complexity index is 564. The van der Waals surface area contributed by atoms with Crippen LogP contribution in [0.4, 0.5) is 0 Å². The lowest BCUT2D eigenvalue weighted by molar-refractivity contribution is -0.135. The van der Waals surface area contributed by atoms with Crippen molar-refractivity contribution >= 4 is 25.3 Å². The van der Waals surface area contributed by atoms with E-state index >= 15 is 0 Å². The molecule has 0 aromatic rings. The maximum Gasteiger partial charge on any atom is 0.237 e. The predicted octanol–water partition coefficient (Wildman–Crippen LogP) is 1.26. The predicted molar refractivity (Wildman–Crippen MR) is 109 cm³/mol. The standard InChI is InChI=1S/C19H32N4O3.H2S/c1-14-8-16(10-20)23(12-14)18(25)11-21-19(2,3)9-17(24)22-7-5-6-15(22)13-26-4;/h14-16,21H,5-9,11-13H2,1-4H3;1H2/t14-,15?,16-;/m0./s1. The second kappa shape index (κ2) is 10.3. The molecular formula is C19H34N4O3S. The Balaban J connectivity index is 0.00000364. The first-order chi connectivity index (χ1) is 12.3. The van der Waals surface area contributed by atoms with Crippen LogP contribution in [0.15, 0.2) is 0 Å². The Kier molecular flexibility index (Phi) is 9.06. The molecule has 27 heavy (non-hydrogen) atoms. The van der Waals surface area contributed by atoms with Gasteiger partial charge in [-0.3, -0.25) is 9.59 Å². The summed E-state index contributed by atoms with van der Waals surface area (Å²) in [6.07, 6.45) is 3.06. The molecule has 7 nitrogen and oxygen atoms in total. The van der Waals surface area contributed by atoms with Gasteiger partial charge in [0, 0.05) is 32.2 Å². The molecule has 3 atom stereocenters. The van der Waals surface area contributed by atoms with Crippen LogP contribution in [0.2, 0.25) is 0 Å². The van der Waals surface area contributed by atoms with Crippen LogP contribution in [0.1, 0.15) is 46.5 Å². The van der Waals surface area contributed by atoms with Crippen molar-refractivity contribution in [1.29, 1.82) is 5.26 Å². The number of nitrogens with one attached hydrogen (secondary N) is 1. The summed E-state index contributed by atoms with van der Waals surface area (Å²) < 4.78 is 5.22. The molecule has 2 amide bonds. The van der Waals surface area contributed by atoms with Crippen molar-refractivity contribution in [3.05, 3.63) is 0 Å². The topological polar surface area (TPSA) is 85.7 Å². The normalized spacial score (nSPS) is 25.2. The number of ether oxygens (including phenoxy) is 1. The zero-order chi connectivity index (χ0) is 19.3. The summed E-state index contributed by atoms with van der Waals surface area (Å²) >= 11 is 0. The van der Waals surface area contributed by atoms with Gasteiger partial charge >= 0.3 is 0 Å². The van der Waals surface area contributed by atoms with Gasteiger partial charge < -0.3 is 19.9 Å². The minimum atomic E-state index is -0.486. The molecule has 154 valence electrons. The Hall–Kier alpha value is -1.30. The van der Waals surface area contributed by atoms with Gasteiger partial charge in [0.1, 0.15) is 6.04 Å². The minimum Gasteiger partial charge on any atom is -0.383 e. The third kappa shape index (κ3) is 6.37. The summed E-state index contributed by atoms with van der Waals surface area (Å²) in [5.41, 5.74) is -0.486. The molecule has 1 N–H and O–H groups in total. The van der Waals surface area contributed by atoms with E-state index in [0.717, 1.165) is 25.8 Å². The maximum atomic E-state index is 12.7. The number of nitrogens with zero attached hydrogens (tertiary/aromatic N) is 3. The van der Waals surface area contributed by atoms with Crippen LogP contribution >= 0.6 is 13.5 Å². The van der Waals surface area contributed by atoms with Crippen molar-refractivity contribution in [2.75, 3.05) is 33.4 Å². The molecule has 1 unspecified atom stereocenters. The molecule has 0 aromatic carbocycles. The van der Waals surface area contributed by atoms with E-state index in [2.05, 4.69) is 18.3 Å². The van der Waals surface area contributed by atoms with Crippen LogP contribution in [0.25, 0.3) is 0 Å². The van der Waals surface area contributed by atoms with Crippen LogP contribution in [0.5, 0.6) is 0 Å². The second-order valence-electron chi connectivity index (χ2n) is 8.28. The van der Waals surface area contributed by atoms with E-state index in [-0.39, 0.29) is 43.9 Å². The molecule has 2 aliphatic heterocycles. The Morgan fingerprint density at radius 2 is 2.00 bits per heavy atom. The van der Waals surface area contributed by atoms with Crippen LogP contribution in [-0.2, 0) is 14.3 Å². The second-order valence-corrected chi connectivity index (χ2v) is 8.28. The number of hydrogen-bond donors (Lipinski definition) is 1. The molecule has 2 rings (SSSR count). The van der Waals surface area contributed by atoms with Crippen molar-refractivity contribution in [2.24, 2.45) is 5.92 Å².